The van der Waals surface area contributed by atoms with Gasteiger partial charge in [-0.25, -0.2) is 21.5 Å². The number of aliphatic hydroxyl groups is 7. The van der Waals surface area contributed by atoms with Gasteiger partial charge in [0.05, 0.1) is 32.2 Å². The number of rotatable bonds is 9. The topological polar surface area (TPSA) is 241 Å². The second-order valence-electron chi connectivity index (χ2n) is 11.7. The minimum absolute atomic E-state index is 0.161. The molecule has 18 heteroatoms. The molecular weight excluding hydrogens is 598 g/mol. The summed E-state index contributed by atoms with van der Waals surface area (Å²) in [5, 5.41) is 72.6. The molecule has 3 aliphatic heterocycles. The van der Waals surface area contributed by atoms with Crippen LogP contribution in [-0.2, 0) is 24.7 Å². The smallest absolute Gasteiger partial charge is 0.302 e. The quantitative estimate of drug-likeness (QED) is 0.130. The van der Waals surface area contributed by atoms with Crippen LogP contribution in [0.4, 0.5) is 5.82 Å². The predicted octanol–water partition coefficient (Wildman–Crippen LogP) is -4.00. The highest BCUT2D eigenvalue weighted by molar-refractivity contribution is 5.84. The summed E-state index contributed by atoms with van der Waals surface area (Å²) in [6.07, 6.45) is -9.24. The number of hydrogen-bond donors (Lipinski definition) is 7. The molecule has 3 saturated heterocycles. The Morgan fingerprint density at radius 1 is 1.13 bits per heavy atom. The van der Waals surface area contributed by atoms with Crippen LogP contribution in [-0.4, -0.2) is 168 Å². The zero-order valence-electron chi connectivity index (χ0n) is 24.8. The minimum atomic E-state index is -1.99. The number of piperidine rings is 1. The number of aliphatic hydroxyl groups excluding tert-OH is 7. The van der Waals surface area contributed by atoms with Crippen molar-refractivity contribution in [2.45, 2.75) is 74.1 Å². The van der Waals surface area contributed by atoms with Gasteiger partial charge in [0.15, 0.2) is 29.0 Å². The van der Waals surface area contributed by atoms with Gasteiger partial charge in [-0.1, -0.05) is 6.92 Å². The summed E-state index contributed by atoms with van der Waals surface area (Å²) in [6, 6.07) is -0.174. The minimum Gasteiger partial charge on any atom is -0.394 e. The van der Waals surface area contributed by atoms with Crippen LogP contribution in [0.5, 0.6) is 0 Å². The van der Waals surface area contributed by atoms with Crippen molar-refractivity contribution >= 4 is 22.9 Å². The number of aromatic nitrogens is 4. The molecule has 0 aliphatic carbocycles. The molecule has 5 rings (SSSR count). The largest absolute Gasteiger partial charge is 0.394 e. The van der Waals surface area contributed by atoms with E-state index in [9.17, 15) is 40.5 Å². The molecule has 0 aromatic carbocycles. The molecule has 3 aliphatic rings. The molecule has 1 amide bonds. The first kappa shape index (κ1) is 33.3. The Morgan fingerprint density at radius 3 is 2.53 bits per heavy atom. The molecule has 0 radical (unpaired) electrons. The van der Waals surface area contributed by atoms with Crippen molar-refractivity contribution in [3.8, 4) is 0 Å². The number of nitrogens with zero attached hydrogens (tertiary/aromatic N) is 7. The third-order valence-corrected chi connectivity index (χ3v) is 9.08. The Bertz CT molecular complexity index is 1390. The predicted molar refractivity (Wildman–Crippen MR) is 151 cm³/mol. The Morgan fingerprint density at radius 2 is 1.87 bits per heavy atom. The van der Waals surface area contributed by atoms with Gasteiger partial charge in [-0.05, 0) is 12.3 Å². The van der Waals surface area contributed by atoms with Crippen molar-refractivity contribution < 1.29 is 54.8 Å². The lowest BCUT2D eigenvalue weighted by Gasteiger charge is -2.41. The van der Waals surface area contributed by atoms with Crippen LogP contribution in [0.1, 0.15) is 13.3 Å². The molecule has 0 spiro atoms. The molecule has 3 unspecified atom stereocenters. The van der Waals surface area contributed by atoms with Gasteiger partial charge in [0.25, 0.3) is 6.54 Å². The molecule has 2 aromatic heterocycles. The summed E-state index contributed by atoms with van der Waals surface area (Å²) >= 11 is 0. The number of amides is 1. The highest BCUT2D eigenvalue weighted by Crippen LogP contribution is 2.41. The van der Waals surface area contributed by atoms with Gasteiger partial charge in [0, 0.05) is 20.1 Å². The number of carbonyl (C=O) groups is 1. The summed E-state index contributed by atoms with van der Waals surface area (Å²) in [5.41, 5.74) is -1.54. The standard InChI is InChI=1S/C27H39N7O11/c1-13-4-5-33(17(38)6-28-2)7-14(13)32(3)24-18-25(30-11-29-24)34(12-31-18)27(10-37)23(42)22(16(9-36)45-27)44-26-21(41)20(40)19(39)15(8-35)43-26/h11-16,19-23,26,35-37,39-42H,4-10H2,1,3H3/t13-,14+,15?,16-,19+,20-,21?,22?,23-,26+,27-/m1/s1. The van der Waals surface area contributed by atoms with Crippen molar-refractivity contribution in [1.29, 1.82) is 0 Å². The van der Waals surface area contributed by atoms with Crippen LogP contribution in [0, 0.1) is 12.5 Å². The number of carbonyl (C=O) groups excluding carboxylic acids is 1. The van der Waals surface area contributed by atoms with E-state index in [4.69, 9.17) is 20.8 Å². The van der Waals surface area contributed by atoms with E-state index in [0.29, 0.717) is 30.8 Å². The maximum atomic E-state index is 12.5. The maximum absolute atomic E-state index is 12.5. The highest BCUT2D eigenvalue weighted by atomic mass is 16.7. The van der Waals surface area contributed by atoms with Gasteiger partial charge >= 0.3 is 5.91 Å². The first-order chi connectivity index (χ1) is 21.5. The molecule has 11 atom stereocenters. The van der Waals surface area contributed by atoms with Crippen molar-refractivity contribution in [2.75, 3.05) is 51.4 Å². The third-order valence-electron chi connectivity index (χ3n) is 9.08. The van der Waals surface area contributed by atoms with Gasteiger partial charge < -0.3 is 64.6 Å². The molecule has 2 aromatic rings. The van der Waals surface area contributed by atoms with Crippen molar-refractivity contribution in [3.05, 3.63) is 24.1 Å². The normalized spacial score (nSPS) is 37.1. The second-order valence-corrected chi connectivity index (χ2v) is 11.7. The second kappa shape index (κ2) is 13.3. The van der Waals surface area contributed by atoms with E-state index in [0.717, 1.165) is 0 Å². The lowest BCUT2D eigenvalue weighted by molar-refractivity contribution is -0.318. The van der Waals surface area contributed by atoms with Crippen molar-refractivity contribution in [2.24, 2.45) is 5.92 Å². The van der Waals surface area contributed by atoms with Crippen molar-refractivity contribution in [3.63, 3.8) is 0 Å². The lowest BCUT2D eigenvalue weighted by atomic mass is 9.92. The van der Waals surface area contributed by atoms with Crippen LogP contribution in [0.25, 0.3) is 16.0 Å². The number of ether oxygens (including phenoxy) is 3. The Kier molecular flexibility index (Phi) is 9.86. The van der Waals surface area contributed by atoms with E-state index < -0.39 is 74.6 Å². The first-order valence-corrected chi connectivity index (χ1v) is 14.6. The summed E-state index contributed by atoms with van der Waals surface area (Å²) in [7, 11) is 1.81. The lowest BCUT2D eigenvalue weighted by Crippen LogP contribution is -2.60. The van der Waals surface area contributed by atoms with E-state index in [-0.39, 0.29) is 30.1 Å². The van der Waals surface area contributed by atoms with Gasteiger partial charge in [-0.2, -0.15) is 0 Å². The molecule has 0 saturated carbocycles. The molecule has 7 N–H and O–H groups in total. The average Bonchev–Trinajstić information content (AvgIpc) is 3.60. The molecule has 0 bridgehead atoms. The summed E-state index contributed by atoms with van der Waals surface area (Å²) < 4.78 is 18.5. The zero-order chi connectivity index (χ0) is 32.6. The van der Waals surface area contributed by atoms with E-state index in [1.807, 2.05) is 4.90 Å². The number of likely N-dealkylation sites (tertiary alicyclic amines) is 1. The number of fused-ring (bicyclic) bond motifs is 1. The van der Waals surface area contributed by atoms with E-state index in [1.54, 1.807) is 11.9 Å². The molecule has 248 valence electrons. The Labute approximate surface area is 257 Å². The number of anilines is 1. The van der Waals surface area contributed by atoms with Gasteiger partial charge in [-0.15, -0.1) is 0 Å². The van der Waals surface area contributed by atoms with E-state index >= 15 is 0 Å². The Hall–Kier alpha value is -3.09. The fourth-order valence-corrected chi connectivity index (χ4v) is 6.36. The van der Waals surface area contributed by atoms with Crippen LogP contribution in [0.15, 0.2) is 12.7 Å². The average molecular weight is 638 g/mol. The molecular formula is C27H39N7O11. The number of imidazole rings is 1. The van der Waals surface area contributed by atoms with Crippen LogP contribution in [0.2, 0.25) is 0 Å². The zero-order valence-corrected chi connectivity index (χ0v) is 24.8. The highest BCUT2D eigenvalue weighted by Gasteiger charge is 2.59. The monoisotopic (exact) mass is 637 g/mol. The SMILES string of the molecule is [C-]#[N+]CC(=O)N1CC[C@@H](C)[C@@H](N(C)c2ncnc3c2ncn3[C@]2(CO)O[C@H](CO)C(O[C@@H]3OC(CO)[C@H](O)[C@@H](O)C3O)[C@H]2O)C1. The number of hydrogen-bond acceptors (Lipinski definition) is 15. The molecule has 18 nitrogen and oxygen atoms in total. The van der Waals surface area contributed by atoms with Crippen LogP contribution < -0.4 is 4.90 Å². The maximum Gasteiger partial charge on any atom is 0.302 e. The van der Waals surface area contributed by atoms with Gasteiger partial charge in [0.1, 0.15) is 49.1 Å². The van der Waals surface area contributed by atoms with Crippen LogP contribution in [0.3, 0.4) is 0 Å². The summed E-state index contributed by atoms with van der Waals surface area (Å²) in [4.78, 5) is 32.5. The first-order valence-electron chi connectivity index (χ1n) is 14.6. The number of likely N-dealkylation sites (N-methyl/N-ethyl adjacent to an activating group) is 1. The fraction of sp³-hybridized carbons (Fsp3) is 0.741. The summed E-state index contributed by atoms with van der Waals surface area (Å²) in [6.45, 7) is 7.55. The molecule has 5 heterocycles. The van der Waals surface area contributed by atoms with E-state index in [1.165, 1.54) is 17.2 Å². The summed E-state index contributed by atoms with van der Waals surface area (Å²) in [5.74, 6) is 0.320. The van der Waals surface area contributed by atoms with Gasteiger partial charge in [0.2, 0.25) is 0 Å². The molecule has 3 fully saturated rings. The van der Waals surface area contributed by atoms with Gasteiger partial charge in [-0.3, -0.25) is 9.36 Å². The van der Waals surface area contributed by atoms with Crippen LogP contribution >= 0.6 is 0 Å². The fourth-order valence-electron chi connectivity index (χ4n) is 6.36. The Balaban J connectivity index is 1.44. The van der Waals surface area contributed by atoms with E-state index in [2.05, 4.69) is 26.7 Å². The third kappa shape index (κ3) is 5.74. The molecule has 45 heavy (non-hydrogen) atoms. The van der Waals surface area contributed by atoms with Crippen molar-refractivity contribution in [1.82, 2.24) is 24.4 Å².